The van der Waals surface area contributed by atoms with Crippen LogP contribution < -0.4 is 4.74 Å². The number of hydrogen-bond acceptors (Lipinski definition) is 4. The van der Waals surface area contributed by atoms with Crippen molar-refractivity contribution in [3.05, 3.63) is 54.4 Å². The van der Waals surface area contributed by atoms with Crippen molar-refractivity contribution in [3.63, 3.8) is 0 Å². The molecule has 0 radical (unpaired) electrons. The average Bonchev–Trinajstić information content (AvgIpc) is 2.97. The Balaban J connectivity index is 2.00. The van der Waals surface area contributed by atoms with Crippen molar-refractivity contribution in [1.82, 2.24) is 9.55 Å². The van der Waals surface area contributed by atoms with Gasteiger partial charge in [0.1, 0.15) is 12.1 Å². The van der Waals surface area contributed by atoms with Crippen molar-refractivity contribution in [2.24, 2.45) is 0 Å². The van der Waals surface area contributed by atoms with E-state index in [1.54, 1.807) is 41.2 Å². The summed E-state index contributed by atoms with van der Waals surface area (Å²) in [6.45, 7) is -2.86. The van der Waals surface area contributed by atoms with Crippen LogP contribution in [0.3, 0.4) is 0 Å². The number of benzene rings is 2. The quantitative estimate of drug-likeness (QED) is 0.692. The molecule has 23 heavy (non-hydrogen) atoms. The number of methoxy groups -OCH3 is 1. The normalized spacial score (nSPS) is 11.0. The molecule has 0 amide bonds. The molecule has 0 bridgehead atoms. The Morgan fingerprint density at radius 1 is 1.17 bits per heavy atom. The molecule has 0 saturated heterocycles. The molecule has 5 nitrogen and oxygen atoms in total. The van der Waals surface area contributed by atoms with Crippen LogP contribution in [0.5, 0.6) is 5.75 Å². The van der Waals surface area contributed by atoms with Crippen LogP contribution in [0.4, 0.5) is 8.78 Å². The first-order valence-corrected chi connectivity index (χ1v) is 6.69. The third kappa shape index (κ3) is 2.98. The third-order valence-electron chi connectivity index (χ3n) is 3.31. The van der Waals surface area contributed by atoms with Gasteiger partial charge >= 0.3 is 12.6 Å². The van der Waals surface area contributed by atoms with Gasteiger partial charge in [0.05, 0.1) is 23.7 Å². The summed E-state index contributed by atoms with van der Waals surface area (Å²) in [5.74, 6) is -0.372. The van der Waals surface area contributed by atoms with Crippen molar-refractivity contribution in [1.29, 1.82) is 0 Å². The molecule has 0 spiro atoms. The maximum absolute atomic E-state index is 12.2. The Kier molecular flexibility index (Phi) is 3.92. The number of imidazole rings is 1. The number of hydrogen-bond donors (Lipinski definition) is 0. The lowest BCUT2D eigenvalue weighted by Crippen LogP contribution is -2.02. The standard InChI is InChI=1S/C16H12F2N2O3/c1-22-15(21)10-2-7-13-14(8-10)20(9-19-13)11-3-5-12(6-4-11)23-16(17)18/h2-9,16H,1H3. The molecule has 0 atom stereocenters. The van der Waals surface area contributed by atoms with E-state index in [0.29, 0.717) is 22.3 Å². The van der Waals surface area contributed by atoms with Gasteiger partial charge < -0.3 is 9.47 Å². The number of fused-ring (bicyclic) bond motifs is 1. The van der Waals surface area contributed by atoms with E-state index >= 15 is 0 Å². The number of carbonyl (C=O) groups is 1. The van der Waals surface area contributed by atoms with Crippen molar-refractivity contribution in [3.8, 4) is 11.4 Å². The minimum atomic E-state index is -2.86. The zero-order valence-corrected chi connectivity index (χ0v) is 12.1. The zero-order chi connectivity index (χ0) is 16.4. The van der Waals surface area contributed by atoms with E-state index in [4.69, 9.17) is 4.74 Å². The molecule has 118 valence electrons. The van der Waals surface area contributed by atoms with E-state index in [1.807, 2.05) is 0 Å². The summed E-state index contributed by atoms with van der Waals surface area (Å²) < 4.78 is 35.1. The smallest absolute Gasteiger partial charge is 0.387 e. The first-order valence-electron chi connectivity index (χ1n) is 6.69. The van der Waals surface area contributed by atoms with Gasteiger partial charge in [-0.25, -0.2) is 9.78 Å². The van der Waals surface area contributed by atoms with Crippen molar-refractivity contribution < 1.29 is 23.0 Å². The Morgan fingerprint density at radius 3 is 2.57 bits per heavy atom. The van der Waals surface area contributed by atoms with Crippen LogP contribution >= 0.6 is 0 Å². The molecule has 0 fully saturated rings. The van der Waals surface area contributed by atoms with Gasteiger partial charge in [-0.2, -0.15) is 8.78 Å². The molecule has 7 heteroatoms. The maximum Gasteiger partial charge on any atom is 0.387 e. The maximum atomic E-state index is 12.2. The van der Waals surface area contributed by atoms with Gasteiger partial charge in [0.2, 0.25) is 0 Å². The summed E-state index contributed by atoms with van der Waals surface area (Å²) >= 11 is 0. The molecule has 1 heterocycles. The minimum absolute atomic E-state index is 0.0726. The number of alkyl halides is 2. The summed E-state index contributed by atoms with van der Waals surface area (Å²) in [5.41, 5.74) is 2.51. The summed E-state index contributed by atoms with van der Waals surface area (Å²) in [6, 6.07) is 11.2. The van der Waals surface area contributed by atoms with Crippen LogP contribution in [0, 0.1) is 0 Å². The topological polar surface area (TPSA) is 53.3 Å². The third-order valence-corrected chi connectivity index (χ3v) is 3.31. The highest BCUT2D eigenvalue weighted by molar-refractivity contribution is 5.94. The largest absolute Gasteiger partial charge is 0.465 e. The monoisotopic (exact) mass is 318 g/mol. The molecule has 3 rings (SSSR count). The molecular formula is C16H12F2N2O3. The van der Waals surface area contributed by atoms with Crippen LogP contribution in [-0.4, -0.2) is 29.2 Å². The molecule has 0 saturated carbocycles. The van der Waals surface area contributed by atoms with Gasteiger partial charge in [-0.3, -0.25) is 4.57 Å². The summed E-state index contributed by atoms with van der Waals surface area (Å²) in [6.07, 6.45) is 1.59. The number of rotatable bonds is 4. The molecule has 0 unspecified atom stereocenters. The number of esters is 1. The summed E-state index contributed by atoms with van der Waals surface area (Å²) in [5, 5.41) is 0. The molecule has 0 aliphatic carbocycles. The van der Waals surface area contributed by atoms with Crippen molar-refractivity contribution >= 4 is 17.0 Å². The van der Waals surface area contributed by atoms with Crippen molar-refractivity contribution in [2.75, 3.05) is 7.11 Å². The molecule has 2 aromatic carbocycles. The molecular weight excluding hydrogens is 306 g/mol. The van der Waals surface area contributed by atoms with Crippen LogP contribution in [0.1, 0.15) is 10.4 Å². The molecule has 1 aromatic heterocycles. The van der Waals surface area contributed by atoms with E-state index in [-0.39, 0.29) is 5.75 Å². The first-order chi connectivity index (χ1) is 11.1. The second-order valence-electron chi connectivity index (χ2n) is 4.68. The Hall–Kier alpha value is -2.96. The fourth-order valence-corrected chi connectivity index (χ4v) is 2.25. The van der Waals surface area contributed by atoms with Crippen LogP contribution in [-0.2, 0) is 4.74 Å². The van der Waals surface area contributed by atoms with E-state index in [2.05, 4.69) is 9.72 Å². The fourth-order valence-electron chi connectivity index (χ4n) is 2.25. The lowest BCUT2D eigenvalue weighted by atomic mass is 10.2. The molecule has 0 aliphatic rings. The van der Waals surface area contributed by atoms with E-state index < -0.39 is 12.6 Å². The second kappa shape index (κ2) is 6.04. The van der Waals surface area contributed by atoms with Crippen molar-refractivity contribution in [2.45, 2.75) is 6.61 Å². The Morgan fingerprint density at radius 2 is 1.91 bits per heavy atom. The number of halogens is 2. The van der Waals surface area contributed by atoms with E-state index in [1.165, 1.54) is 19.2 Å². The lowest BCUT2D eigenvalue weighted by molar-refractivity contribution is -0.0498. The van der Waals surface area contributed by atoms with Crippen LogP contribution in [0.25, 0.3) is 16.7 Å². The molecule has 0 N–H and O–H groups in total. The lowest BCUT2D eigenvalue weighted by Gasteiger charge is -2.08. The average molecular weight is 318 g/mol. The van der Waals surface area contributed by atoms with Gasteiger partial charge in [0, 0.05) is 5.69 Å². The van der Waals surface area contributed by atoms with Crippen LogP contribution in [0.2, 0.25) is 0 Å². The van der Waals surface area contributed by atoms with Gasteiger partial charge in [0.25, 0.3) is 0 Å². The van der Waals surface area contributed by atoms with E-state index in [9.17, 15) is 13.6 Å². The first kappa shape index (κ1) is 15.0. The molecule has 0 aliphatic heterocycles. The van der Waals surface area contributed by atoms with Crippen LogP contribution in [0.15, 0.2) is 48.8 Å². The Bertz CT molecular complexity index is 844. The van der Waals surface area contributed by atoms with Gasteiger partial charge in [-0.15, -0.1) is 0 Å². The number of ether oxygens (including phenoxy) is 2. The zero-order valence-electron chi connectivity index (χ0n) is 12.1. The Labute approximate surface area is 130 Å². The highest BCUT2D eigenvalue weighted by Crippen LogP contribution is 2.22. The number of nitrogens with zero attached hydrogens (tertiary/aromatic N) is 2. The summed E-state index contributed by atoms with van der Waals surface area (Å²) in [7, 11) is 1.31. The highest BCUT2D eigenvalue weighted by atomic mass is 19.3. The van der Waals surface area contributed by atoms with Gasteiger partial charge in [-0.1, -0.05) is 0 Å². The number of carbonyl (C=O) groups excluding carboxylic acids is 1. The SMILES string of the molecule is COC(=O)c1ccc2ncn(-c3ccc(OC(F)F)cc3)c2c1. The minimum Gasteiger partial charge on any atom is -0.465 e. The van der Waals surface area contributed by atoms with Gasteiger partial charge in [-0.05, 0) is 42.5 Å². The summed E-state index contributed by atoms with van der Waals surface area (Å²) in [4.78, 5) is 15.9. The predicted molar refractivity (Wildman–Crippen MR) is 79.0 cm³/mol. The van der Waals surface area contributed by atoms with E-state index in [0.717, 1.165) is 0 Å². The number of aromatic nitrogens is 2. The van der Waals surface area contributed by atoms with Gasteiger partial charge in [0.15, 0.2) is 0 Å². The predicted octanol–water partition coefficient (Wildman–Crippen LogP) is 3.41. The molecule has 3 aromatic rings. The fraction of sp³-hybridized carbons (Fsp3) is 0.125. The second-order valence-corrected chi connectivity index (χ2v) is 4.68. The highest BCUT2D eigenvalue weighted by Gasteiger charge is 2.11.